The van der Waals surface area contributed by atoms with E-state index in [0.717, 1.165) is 16.6 Å². The molecule has 0 fully saturated rings. The Bertz CT molecular complexity index is 342. The number of nitrogens with one attached hydrogen (secondary N) is 1. The zero-order chi connectivity index (χ0) is 12.1. The van der Waals surface area contributed by atoms with Crippen molar-refractivity contribution >= 4 is 27.3 Å². The lowest BCUT2D eigenvalue weighted by atomic mass is 10.1. The molecule has 0 bridgehead atoms. The van der Waals surface area contributed by atoms with Crippen LogP contribution in [-0.4, -0.2) is 17.8 Å². The highest BCUT2D eigenvalue weighted by atomic mass is 79.9. The minimum atomic E-state index is -0.331. The Morgan fingerprint density at radius 3 is 2.69 bits per heavy atom. The molecule has 1 aromatic carbocycles. The van der Waals surface area contributed by atoms with Crippen LogP contribution in [-0.2, 0) is 0 Å². The van der Waals surface area contributed by atoms with Crippen LogP contribution in [0.25, 0.3) is 0 Å². The summed E-state index contributed by atoms with van der Waals surface area (Å²) in [6, 6.07) is 5.67. The van der Waals surface area contributed by atoms with Crippen LogP contribution in [0.1, 0.15) is 20.3 Å². The fourth-order valence-electron chi connectivity index (χ4n) is 1.55. The fourth-order valence-corrected chi connectivity index (χ4v) is 1.93. The summed E-state index contributed by atoms with van der Waals surface area (Å²) in [7, 11) is 0. The van der Waals surface area contributed by atoms with Crippen molar-refractivity contribution in [2.75, 3.05) is 17.6 Å². The van der Waals surface area contributed by atoms with E-state index in [1.54, 1.807) is 0 Å². The minimum Gasteiger partial charge on any atom is -0.397 e. The molecule has 4 heteroatoms. The van der Waals surface area contributed by atoms with Gasteiger partial charge in [0.1, 0.15) is 0 Å². The van der Waals surface area contributed by atoms with Gasteiger partial charge in [0.2, 0.25) is 0 Å². The second kappa shape index (κ2) is 6.11. The summed E-state index contributed by atoms with van der Waals surface area (Å²) >= 11 is 3.35. The Morgan fingerprint density at radius 1 is 1.44 bits per heavy atom. The average Bonchev–Trinajstić information content (AvgIpc) is 2.15. The molecule has 0 amide bonds. The summed E-state index contributed by atoms with van der Waals surface area (Å²) in [5.41, 5.74) is 7.39. The van der Waals surface area contributed by atoms with Crippen LogP contribution < -0.4 is 11.1 Å². The van der Waals surface area contributed by atoms with Crippen molar-refractivity contribution < 1.29 is 5.11 Å². The number of hydrogen-bond acceptors (Lipinski definition) is 3. The van der Waals surface area contributed by atoms with E-state index < -0.39 is 0 Å². The van der Waals surface area contributed by atoms with E-state index in [9.17, 15) is 5.11 Å². The van der Waals surface area contributed by atoms with Gasteiger partial charge in [-0.2, -0.15) is 0 Å². The third kappa shape index (κ3) is 4.41. The van der Waals surface area contributed by atoms with E-state index in [-0.39, 0.29) is 6.10 Å². The molecule has 0 aliphatic rings. The van der Waals surface area contributed by atoms with Gasteiger partial charge in [-0.25, -0.2) is 0 Å². The van der Waals surface area contributed by atoms with E-state index in [1.807, 2.05) is 18.2 Å². The summed E-state index contributed by atoms with van der Waals surface area (Å²) in [6.45, 7) is 4.72. The molecule has 0 radical (unpaired) electrons. The maximum Gasteiger partial charge on any atom is 0.0715 e. The quantitative estimate of drug-likeness (QED) is 0.730. The van der Waals surface area contributed by atoms with E-state index in [1.165, 1.54) is 0 Å². The topological polar surface area (TPSA) is 58.3 Å². The molecule has 0 saturated heterocycles. The van der Waals surface area contributed by atoms with Gasteiger partial charge < -0.3 is 16.2 Å². The zero-order valence-corrected chi connectivity index (χ0v) is 11.3. The molecule has 3 nitrogen and oxygen atoms in total. The number of benzene rings is 1. The Labute approximate surface area is 105 Å². The Hall–Kier alpha value is -0.740. The Morgan fingerprint density at radius 2 is 2.12 bits per heavy atom. The first-order valence-electron chi connectivity index (χ1n) is 5.46. The van der Waals surface area contributed by atoms with E-state index in [4.69, 9.17) is 5.73 Å². The summed E-state index contributed by atoms with van der Waals surface area (Å²) in [6.07, 6.45) is 0.465. The number of hydrogen-bond donors (Lipinski definition) is 3. The van der Waals surface area contributed by atoms with Gasteiger partial charge in [0.05, 0.1) is 17.5 Å². The fraction of sp³-hybridized carbons (Fsp3) is 0.500. The summed E-state index contributed by atoms with van der Waals surface area (Å²) in [4.78, 5) is 0. The van der Waals surface area contributed by atoms with Gasteiger partial charge in [0.25, 0.3) is 0 Å². The SMILES string of the molecule is CC(C)CC(O)CNc1ccc(Br)cc1N. The van der Waals surface area contributed by atoms with Crippen molar-refractivity contribution in [3.63, 3.8) is 0 Å². The molecule has 4 N–H and O–H groups in total. The molecule has 1 aromatic rings. The van der Waals surface area contributed by atoms with E-state index in [0.29, 0.717) is 18.2 Å². The van der Waals surface area contributed by atoms with Crippen LogP contribution in [0.2, 0.25) is 0 Å². The van der Waals surface area contributed by atoms with E-state index in [2.05, 4.69) is 35.1 Å². The minimum absolute atomic E-state index is 0.331. The third-order valence-electron chi connectivity index (χ3n) is 2.29. The molecular weight excluding hydrogens is 268 g/mol. The Balaban J connectivity index is 2.48. The molecule has 0 aromatic heterocycles. The zero-order valence-electron chi connectivity index (χ0n) is 9.70. The predicted octanol–water partition coefficient (Wildman–Crippen LogP) is 2.85. The van der Waals surface area contributed by atoms with Gasteiger partial charge in [0.15, 0.2) is 0 Å². The van der Waals surface area contributed by atoms with Gasteiger partial charge >= 0.3 is 0 Å². The lowest BCUT2D eigenvalue weighted by molar-refractivity contribution is 0.161. The largest absolute Gasteiger partial charge is 0.397 e. The number of aliphatic hydroxyl groups is 1. The standard InChI is InChI=1S/C12H19BrN2O/c1-8(2)5-10(16)7-15-12-4-3-9(13)6-11(12)14/h3-4,6,8,10,15-16H,5,7,14H2,1-2H3. The van der Waals surface area contributed by atoms with Crippen LogP contribution >= 0.6 is 15.9 Å². The number of aliphatic hydroxyl groups excluding tert-OH is 1. The van der Waals surface area contributed by atoms with Crippen molar-refractivity contribution in [3.8, 4) is 0 Å². The van der Waals surface area contributed by atoms with Gasteiger partial charge in [0, 0.05) is 11.0 Å². The molecule has 0 saturated carbocycles. The highest BCUT2D eigenvalue weighted by Crippen LogP contribution is 2.23. The van der Waals surface area contributed by atoms with Crippen LogP contribution in [0.4, 0.5) is 11.4 Å². The summed E-state index contributed by atoms with van der Waals surface area (Å²) < 4.78 is 0.957. The number of anilines is 2. The van der Waals surface area contributed by atoms with Gasteiger partial charge in [-0.05, 0) is 30.5 Å². The predicted molar refractivity (Wildman–Crippen MR) is 72.5 cm³/mol. The normalized spacial score (nSPS) is 12.8. The first-order chi connectivity index (χ1) is 7.49. The second-order valence-electron chi connectivity index (χ2n) is 4.40. The molecule has 0 heterocycles. The third-order valence-corrected chi connectivity index (χ3v) is 2.78. The second-order valence-corrected chi connectivity index (χ2v) is 5.31. The smallest absolute Gasteiger partial charge is 0.0715 e. The van der Waals surface area contributed by atoms with Gasteiger partial charge in [-0.3, -0.25) is 0 Å². The van der Waals surface area contributed by atoms with Crippen molar-refractivity contribution in [3.05, 3.63) is 22.7 Å². The number of nitrogen functional groups attached to an aromatic ring is 1. The molecular formula is C12H19BrN2O. The number of rotatable bonds is 5. The van der Waals surface area contributed by atoms with Gasteiger partial charge in [-0.15, -0.1) is 0 Å². The van der Waals surface area contributed by atoms with Crippen molar-refractivity contribution in [2.45, 2.75) is 26.4 Å². The lowest BCUT2D eigenvalue weighted by Gasteiger charge is -2.15. The lowest BCUT2D eigenvalue weighted by Crippen LogP contribution is -2.21. The molecule has 1 rings (SSSR count). The van der Waals surface area contributed by atoms with Crippen LogP contribution in [0.5, 0.6) is 0 Å². The molecule has 90 valence electrons. The molecule has 0 aliphatic heterocycles. The first-order valence-corrected chi connectivity index (χ1v) is 6.25. The van der Waals surface area contributed by atoms with Crippen LogP contribution in [0.3, 0.4) is 0 Å². The number of nitrogens with two attached hydrogens (primary N) is 1. The maximum atomic E-state index is 9.71. The highest BCUT2D eigenvalue weighted by Gasteiger charge is 2.07. The summed E-state index contributed by atoms with van der Waals surface area (Å²) in [5.74, 6) is 0.499. The highest BCUT2D eigenvalue weighted by molar-refractivity contribution is 9.10. The maximum absolute atomic E-state index is 9.71. The van der Waals surface area contributed by atoms with Crippen LogP contribution in [0, 0.1) is 5.92 Å². The molecule has 16 heavy (non-hydrogen) atoms. The molecule has 0 aliphatic carbocycles. The van der Waals surface area contributed by atoms with Crippen molar-refractivity contribution in [1.82, 2.24) is 0 Å². The molecule has 1 atom stereocenters. The monoisotopic (exact) mass is 286 g/mol. The molecule has 0 spiro atoms. The molecule has 1 unspecified atom stereocenters. The van der Waals surface area contributed by atoms with Crippen LogP contribution in [0.15, 0.2) is 22.7 Å². The first kappa shape index (κ1) is 13.3. The average molecular weight is 287 g/mol. The van der Waals surface area contributed by atoms with Crippen molar-refractivity contribution in [2.24, 2.45) is 5.92 Å². The van der Waals surface area contributed by atoms with Gasteiger partial charge in [-0.1, -0.05) is 29.8 Å². The van der Waals surface area contributed by atoms with Crippen molar-refractivity contribution in [1.29, 1.82) is 0 Å². The summed E-state index contributed by atoms with van der Waals surface area (Å²) in [5, 5.41) is 12.9. The Kier molecular flexibility index (Phi) is 5.09. The number of halogens is 1. The van der Waals surface area contributed by atoms with E-state index >= 15 is 0 Å².